The van der Waals surface area contributed by atoms with Crippen molar-refractivity contribution in [3.8, 4) is 0 Å². The van der Waals surface area contributed by atoms with Gasteiger partial charge in [-0.05, 0) is 55.0 Å². The fraction of sp³-hybridized carbons (Fsp3) is 0.370. The number of aromatic nitrogens is 3. The number of fused-ring (bicyclic) bond motifs is 4. The molecule has 0 unspecified atom stereocenters. The molecular weight excluding hydrogens is 444 g/mol. The Balaban J connectivity index is 1.45. The molecule has 4 aromatic rings. The fourth-order valence-electron chi connectivity index (χ4n) is 5.56. The van der Waals surface area contributed by atoms with Gasteiger partial charge in [0.2, 0.25) is 0 Å². The van der Waals surface area contributed by atoms with Gasteiger partial charge in [0.15, 0.2) is 0 Å². The number of hydrogen-bond donors (Lipinski definition) is 2. The van der Waals surface area contributed by atoms with Gasteiger partial charge in [0.05, 0.1) is 29.9 Å². The molecule has 8 nitrogen and oxygen atoms in total. The number of aromatic amines is 1. The molecule has 4 heterocycles. The number of amides is 1. The van der Waals surface area contributed by atoms with Crippen LogP contribution in [0, 0.1) is 6.92 Å². The van der Waals surface area contributed by atoms with E-state index < -0.39 is 0 Å². The van der Waals surface area contributed by atoms with Crippen LogP contribution >= 0.6 is 0 Å². The van der Waals surface area contributed by atoms with Gasteiger partial charge in [-0.1, -0.05) is 24.3 Å². The summed E-state index contributed by atoms with van der Waals surface area (Å²) in [4.78, 5) is 36.0. The van der Waals surface area contributed by atoms with Crippen LogP contribution in [0.25, 0.3) is 16.6 Å². The number of carbonyl (C=O) groups is 1. The number of rotatable bonds is 3. The molecule has 2 N–H and O–H groups in total. The number of aliphatic hydroxyl groups excluding tert-OH is 1. The van der Waals surface area contributed by atoms with Crippen molar-refractivity contribution in [2.75, 3.05) is 19.8 Å². The number of aryl methyl sites for hydroxylation is 1. The van der Waals surface area contributed by atoms with Crippen molar-refractivity contribution in [1.29, 1.82) is 0 Å². The maximum Gasteiger partial charge on any atom is 0.274 e. The Morgan fingerprint density at radius 3 is 2.71 bits per heavy atom. The van der Waals surface area contributed by atoms with E-state index in [0.717, 1.165) is 35.3 Å². The lowest BCUT2D eigenvalue weighted by Gasteiger charge is -2.36. The SMILES string of the molecule is Cc1cc2c(cc1C(=O)N1Cc3ccccc3C[C@@H]1CO)[nH]c(=O)c1cnc(C3CCOCC3)n12. The van der Waals surface area contributed by atoms with E-state index in [2.05, 4.69) is 16.0 Å². The highest BCUT2D eigenvalue weighted by Crippen LogP contribution is 2.30. The minimum Gasteiger partial charge on any atom is -0.394 e. The average Bonchev–Trinajstić information content (AvgIpc) is 3.34. The Hall–Kier alpha value is -3.49. The number of carbonyl (C=O) groups excluding carboxylic acids is 1. The predicted molar refractivity (Wildman–Crippen MR) is 132 cm³/mol. The molecule has 1 amide bonds. The third kappa shape index (κ3) is 3.64. The first kappa shape index (κ1) is 22.0. The van der Waals surface area contributed by atoms with Crippen LogP contribution in [0.1, 0.15) is 51.6 Å². The highest BCUT2D eigenvalue weighted by molar-refractivity contribution is 5.99. The van der Waals surface area contributed by atoms with Gasteiger partial charge in [-0.25, -0.2) is 4.98 Å². The normalized spacial score (nSPS) is 18.8. The summed E-state index contributed by atoms with van der Waals surface area (Å²) in [5.74, 6) is 0.941. The van der Waals surface area contributed by atoms with Crippen molar-refractivity contribution >= 4 is 22.5 Å². The van der Waals surface area contributed by atoms with Gasteiger partial charge >= 0.3 is 0 Å². The molecule has 0 saturated carbocycles. The smallest absolute Gasteiger partial charge is 0.274 e. The predicted octanol–water partition coefficient (Wildman–Crippen LogP) is 2.94. The summed E-state index contributed by atoms with van der Waals surface area (Å²) in [6, 6.07) is 11.5. The molecule has 0 bridgehead atoms. The summed E-state index contributed by atoms with van der Waals surface area (Å²) in [7, 11) is 0. The van der Waals surface area contributed by atoms with Crippen LogP contribution in [0.2, 0.25) is 0 Å². The van der Waals surface area contributed by atoms with Crippen LogP contribution in [-0.2, 0) is 17.7 Å². The number of nitrogens with zero attached hydrogens (tertiary/aromatic N) is 3. The Morgan fingerprint density at radius 2 is 1.94 bits per heavy atom. The molecule has 2 aromatic heterocycles. The van der Waals surface area contributed by atoms with E-state index in [4.69, 9.17) is 4.74 Å². The van der Waals surface area contributed by atoms with Gasteiger partial charge < -0.3 is 19.7 Å². The third-order valence-corrected chi connectivity index (χ3v) is 7.50. The average molecular weight is 473 g/mol. The molecule has 1 fully saturated rings. The van der Waals surface area contributed by atoms with Crippen LogP contribution in [0.3, 0.4) is 0 Å². The standard InChI is InChI=1S/C27H28N4O4/c1-16-10-23-22(29-26(33)24-13-28-25(31(23)24)17-6-8-35-9-7-17)12-21(16)27(34)30-14-19-5-3-2-4-18(19)11-20(30)15-32/h2-5,10,12-13,17,20,32H,6-9,11,14-15H2,1H3,(H,29,33)/t20-/m1/s1. The van der Waals surface area contributed by atoms with E-state index >= 15 is 0 Å². The molecule has 0 radical (unpaired) electrons. The lowest BCUT2D eigenvalue weighted by Crippen LogP contribution is -2.46. The highest BCUT2D eigenvalue weighted by atomic mass is 16.5. The molecule has 2 aliphatic heterocycles. The summed E-state index contributed by atoms with van der Waals surface area (Å²) < 4.78 is 7.46. The molecule has 1 atom stereocenters. The summed E-state index contributed by atoms with van der Waals surface area (Å²) >= 11 is 0. The third-order valence-electron chi connectivity index (χ3n) is 7.50. The summed E-state index contributed by atoms with van der Waals surface area (Å²) in [5.41, 5.74) is 5.31. The molecular formula is C27H28N4O4. The maximum absolute atomic E-state index is 13.7. The van der Waals surface area contributed by atoms with Crippen LogP contribution in [-0.4, -0.2) is 56.1 Å². The van der Waals surface area contributed by atoms with Gasteiger partial charge in [-0.15, -0.1) is 0 Å². The van der Waals surface area contributed by atoms with Crippen molar-refractivity contribution < 1.29 is 14.6 Å². The van der Waals surface area contributed by atoms with Crippen molar-refractivity contribution in [3.63, 3.8) is 0 Å². The number of ether oxygens (including phenoxy) is 1. The van der Waals surface area contributed by atoms with Crippen LogP contribution in [0.15, 0.2) is 47.4 Å². The fourth-order valence-corrected chi connectivity index (χ4v) is 5.56. The lowest BCUT2D eigenvalue weighted by atomic mass is 9.93. The van der Waals surface area contributed by atoms with E-state index in [1.165, 1.54) is 5.56 Å². The van der Waals surface area contributed by atoms with Crippen molar-refractivity contribution in [3.05, 3.63) is 81.0 Å². The number of nitrogens with one attached hydrogen (secondary N) is 1. The van der Waals surface area contributed by atoms with Gasteiger partial charge in [0.1, 0.15) is 11.3 Å². The molecule has 0 aliphatic carbocycles. The van der Waals surface area contributed by atoms with Crippen molar-refractivity contribution in [1.82, 2.24) is 19.3 Å². The van der Waals surface area contributed by atoms with E-state index in [9.17, 15) is 14.7 Å². The number of imidazole rings is 1. The number of aliphatic hydroxyl groups is 1. The van der Waals surface area contributed by atoms with Gasteiger partial charge in [-0.3, -0.25) is 14.0 Å². The highest BCUT2D eigenvalue weighted by Gasteiger charge is 2.31. The van der Waals surface area contributed by atoms with Crippen molar-refractivity contribution in [2.24, 2.45) is 0 Å². The first-order valence-electron chi connectivity index (χ1n) is 12.2. The quantitative estimate of drug-likeness (QED) is 0.478. The van der Waals surface area contributed by atoms with Gasteiger partial charge in [0.25, 0.3) is 11.5 Å². The summed E-state index contributed by atoms with van der Waals surface area (Å²) in [6.45, 7) is 3.63. The maximum atomic E-state index is 13.7. The number of hydrogen-bond acceptors (Lipinski definition) is 5. The van der Waals surface area contributed by atoms with Crippen LogP contribution in [0.5, 0.6) is 0 Å². The Morgan fingerprint density at radius 1 is 1.17 bits per heavy atom. The molecule has 8 heteroatoms. The van der Waals surface area contributed by atoms with E-state index in [1.807, 2.05) is 35.6 Å². The van der Waals surface area contributed by atoms with E-state index in [0.29, 0.717) is 42.8 Å². The molecule has 2 aromatic carbocycles. The monoisotopic (exact) mass is 472 g/mol. The molecule has 0 spiro atoms. The zero-order chi connectivity index (χ0) is 24.1. The van der Waals surface area contributed by atoms with E-state index in [1.54, 1.807) is 17.2 Å². The topological polar surface area (TPSA) is 99.9 Å². The van der Waals surface area contributed by atoms with Crippen molar-refractivity contribution in [2.45, 2.75) is 44.7 Å². The molecule has 1 saturated heterocycles. The van der Waals surface area contributed by atoms with Crippen LogP contribution in [0.4, 0.5) is 0 Å². The first-order valence-corrected chi connectivity index (χ1v) is 12.2. The minimum absolute atomic E-state index is 0.104. The Kier molecular flexibility index (Phi) is 5.42. The largest absolute Gasteiger partial charge is 0.394 e. The zero-order valence-electron chi connectivity index (χ0n) is 19.7. The minimum atomic E-state index is -0.289. The van der Waals surface area contributed by atoms with E-state index in [-0.39, 0.29) is 30.0 Å². The number of benzene rings is 2. The second kappa shape index (κ2) is 8.62. The second-order valence-electron chi connectivity index (χ2n) is 9.60. The molecule has 2 aliphatic rings. The van der Waals surface area contributed by atoms with Crippen LogP contribution < -0.4 is 5.56 Å². The Labute approximate surface area is 202 Å². The number of H-pyrrole nitrogens is 1. The molecule has 180 valence electrons. The van der Waals surface area contributed by atoms with Gasteiger partial charge in [0, 0.05) is 31.2 Å². The second-order valence-corrected chi connectivity index (χ2v) is 9.60. The molecule has 6 rings (SSSR count). The van der Waals surface area contributed by atoms with Gasteiger partial charge in [-0.2, -0.15) is 0 Å². The summed E-state index contributed by atoms with van der Waals surface area (Å²) in [5, 5.41) is 10.0. The summed E-state index contributed by atoms with van der Waals surface area (Å²) in [6.07, 6.45) is 3.98. The molecule has 35 heavy (non-hydrogen) atoms. The Bertz CT molecular complexity index is 1500. The zero-order valence-corrected chi connectivity index (χ0v) is 19.7. The lowest BCUT2D eigenvalue weighted by molar-refractivity contribution is 0.0543. The first-order chi connectivity index (χ1) is 17.0.